The van der Waals surface area contributed by atoms with Gasteiger partial charge in [-0.25, -0.2) is 4.79 Å². The molecule has 0 aliphatic carbocycles. The van der Waals surface area contributed by atoms with Crippen LogP contribution < -0.4 is 9.47 Å². The molecule has 21 heavy (non-hydrogen) atoms. The summed E-state index contributed by atoms with van der Waals surface area (Å²) in [5, 5.41) is 9.25. The summed E-state index contributed by atoms with van der Waals surface area (Å²) in [5.74, 6) is -0.173. The third kappa shape index (κ3) is 4.24. The van der Waals surface area contributed by atoms with E-state index in [-0.39, 0.29) is 11.7 Å². The number of carboxylic acids is 1. The van der Waals surface area contributed by atoms with Crippen LogP contribution in [-0.4, -0.2) is 17.2 Å². The van der Waals surface area contributed by atoms with Gasteiger partial charge in [-0.05, 0) is 37.6 Å². The molecule has 2 aromatic rings. The fraction of sp³-hybridized carbons (Fsp3) is 0.235. The Balaban J connectivity index is 2.14. The average molecular weight is 286 g/mol. The molecule has 0 aliphatic heterocycles. The van der Waals surface area contributed by atoms with E-state index in [0.717, 1.165) is 5.56 Å². The quantitative estimate of drug-likeness (QED) is 0.878. The van der Waals surface area contributed by atoms with Crippen molar-refractivity contribution in [3.63, 3.8) is 0 Å². The lowest BCUT2D eigenvalue weighted by Crippen LogP contribution is -2.10. The molecule has 2 rings (SSSR count). The summed E-state index contributed by atoms with van der Waals surface area (Å²) in [6, 6.07) is 14.5. The number of aromatic carboxylic acids is 1. The van der Waals surface area contributed by atoms with Gasteiger partial charge < -0.3 is 14.6 Å². The first-order valence-electron chi connectivity index (χ1n) is 6.77. The molecule has 1 N–H and O–H groups in total. The maximum atomic E-state index is 11.3. The predicted octanol–water partition coefficient (Wildman–Crippen LogP) is 3.75. The van der Waals surface area contributed by atoms with Crippen molar-refractivity contribution in [3.05, 3.63) is 59.7 Å². The Morgan fingerprint density at radius 2 is 1.86 bits per heavy atom. The van der Waals surface area contributed by atoms with Crippen molar-refractivity contribution in [2.75, 3.05) is 0 Å². The number of rotatable bonds is 6. The Kier molecular flexibility index (Phi) is 4.82. The molecule has 0 heterocycles. The average Bonchev–Trinajstić information content (AvgIpc) is 2.46. The van der Waals surface area contributed by atoms with Crippen LogP contribution in [0.2, 0.25) is 0 Å². The van der Waals surface area contributed by atoms with E-state index in [9.17, 15) is 9.90 Å². The summed E-state index contributed by atoms with van der Waals surface area (Å²) in [6.07, 6.45) is -0.0841. The zero-order valence-electron chi connectivity index (χ0n) is 12.1. The topological polar surface area (TPSA) is 55.8 Å². The summed E-state index contributed by atoms with van der Waals surface area (Å²) in [5.41, 5.74) is 1.13. The fourth-order valence-electron chi connectivity index (χ4n) is 1.86. The number of carboxylic acid groups (broad SMARTS) is 1. The number of hydrogen-bond acceptors (Lipinski definition) is 3. The second-order valence-electron chi connectivity index (χ2n) is 4.90. The van der Waals surface area contributed by atoms with Gasteiger partial charge in [0.25, 0.3) is 0 Å². The first-order chi connectivity index (χ1) is 10.1. The van der Waals surface area contributed by atoms with Gasteiger partial charge in [0, 0.05) is 0 Å². The van der Waals surface area contributed by atoms with E-state index in [1.165, 1.54) is 6.07 Å². The molecule has 4 nitrogen and oxygen atoms in total. The molecule has 0 fully saturated rings. The van der Waals surface area contributed by atoms with Gasteiger partial charge in [-0.1, -0.05) is 30.3 Å². The van der Waals surface area contributed by atoms with Gasteiger partial charge in [0.2, 0.25) is 0 Å². The van der Waals surface area contributed by atoms with Crippen molar-refractivity contribution in [1.29, 1.82) is 0 Å². The molecule has 4 heteroatoms. The van der Waals surface area contributed by atoms with Crippen LogP contribution in [0.4, 0.5) is 0 Å². The van der Waals surface area contributed by atoms with Crippen molar-refractivity contribution in [1.82, 2.24) is 0 Å². The monoisotopic (exact) mass is 286 g/mol. The molecule has 0 unspecified atom stereocenters. The largest absolute Gasteiger partial charge is 0.490 e. The second-order valence-corrected chi connectivity index (χ2v) is 4.90. The zero-order valence-corrected chi connectivity index (χ0v) is 12.1. The highest BCUT2D eigenvalue weighted by atomic mass is 16.5. The highest BCUT2D eigenvalue weighted by Gasteiger charge is 2.14. The van der Waals surface area contributed by atoms with E-state index in [1.807, 2.05) is 44.2 Å². The van der Waals surface area contributed by atoms with Crippen LogP contribution >= 0.6 is 0 Å². The van der Waals surface area contributed by atoms with Gasteiger partial charge in [0.05, 0.1) is 6.10 Å². The van der Waals surface area contributed by atoms with Gasteiger partial charge in [-0.2, -0.15) is 0 Å². The summed E-state index contributed by atoms with van der Waals surface area (Å²) in [7, 11) is 0. The summed E-state index contributed by atoms with van der Waals surface area (Å²) < 4.78 is 11.1. The lowest BCUT2D eigenvalue weighted by Gasteiger charge is -2.14. The Labute approximate surface area is 123 Å². The minimum Gasteiger partial charge on any atom is -0.490 e. The molecule has 0 aliphatic rings. The first kappa shape index (κ1) is 14.9. The van der Waals surface area contributed by atoms with Crippen molar-refractivity contribution < 1.29 is 19.4 Å². The Bertz CT molecular complexity index is 605. The number of ether oxygens (including phenoxy) is 2. The molecule has 0 saturated carbocycles. The van der Waals surface area contributed by atoms with Gasteiger partial charge in [0.1, 0.15) is 23.7 Å². The van der Waals surface area contributed by atoms with E-state index in [4.69, 9.17) is 9.47 Å². The lowest BCUT2D eigenvalue weighted by atomic mass is 10.2. The number of carbonyl (C=O) groups is 1. The van der Waals surface area contributed by atoms with Crippen LogP contribution in [0, 0.1) is 0 Å². The zero-order chi connectivity index (χ0) is 15.2. The minimum absolute atomic E-state index is 0.0841. The van der Waals surface area contributed by atoms with Gasteiger partial charge in [0.15, 0.2) is 0 Å². The van der Waals surface area contributed by atoms with Crippen molar-refractivity contribution in [2.45, 2.75) is 26.6 Å². The van der Waals surface area contributed by atoms with Gasteiger partial charge >= 0.3 is 5.97 Å². The van der Waals surface area contributed by atoms with Crippen LogP contribution in [0.15, 0.2) is 48.5 Å². The third-order valence-electron chi connectivity index (χ3n) is 2.79. The van der Waals surface area contributed by atoms with Gasteiger partial charge in [-0.15, -0.1) is 0 Å². The maximum Gasteiger partial charge on any atom is 0.339 e. The molecule has 0 saturated heterocycles. The van der Waals surface area contributed by atoms with Crippen molar-refractivity contribution in [3.8, 4) is 11.5 Å². The van der Waals surface area contributed by atoms with Crippen molar-refractivity contribution in [2.24, 2.45) is 0 Å². The molecule has 0 spiro atoms. The van der Waals surface area contributed by atoms with E-state index in [0.29, 0.717) is 18.1 Å². The first-order valence-corrected chi connectivity index (χ1v) is 6.77. The smallest absolute Gasteiger partial charge is 0.339 e. The third-order valence-corrected chi connectivity index (χ3v) is 2.79. The molecule has 0 amide bonds. The number of benzene rings is 2. The van der Waals surface area contributed by atoms with Crippen LogP contribution in [0.5, 0.6) is 11.5 Å². The molecule has 110 valence electrons. The predicted molar refractivity (Wildman–Crippen MR) is 79.9 cm³/mol. The highest BCUT2D eigenvalue weighted by Crippen LogP contribution is 2.26. The Hall–Kier alpha value is -2.49. The molecular formula is C17H18O4. The summed E-state index contributed by atoms with van der Waals surface area (Å²) in [6.45, 7) is 4.10. The van der Waals surface area contributed by atoms with E-state index in [1.54, 1.807) is 12.1 Å². The minimum atomic E-state index is -1.03. The molecule has 0 aromatic heterocycles. The normalized spacial score (nSPS) is 10.4. The van der Waals surface area contributed by atoms with Crippen LogP contribution in [0.1, 0.15) is 29.8 Å². The Morgan fingerprint density at radius 1 is 1.14 bits per heavy atom. The van der Waals surface area contributed by atoms with E-state index in [2.05, 4.69) is 0 Å². The highest BCUT2D eigenvalue weighted by molar-refractivity contribution is 5.91. The molecule has 0 radical (unpaired) electrons. The SMILES string of the molecule is CC(C)Oc1ccc(OCc2ccccc2)cc1C(=O)O. The lowest BCUT2D eigenvalue weighted by molar-refractivity contribution is 0.0690. The van der Waals surface area contributed by atoms with Gasteiger partial charge in [-0.3, -0.25) is 0 Å². The van der Waals surface area contributed by atoms with Crippen LogP contribution in [0.25, 0.3) is 0 Å². The summed E-state index contributed by atoms with van der Waals surface area (Å²) >= 11 is 0. The van der Waals surface area contributed by atoms with E-state index >= 15 is 0 Å². The molecule has 2 aromatic carbocycles. The molecule has 0 atom stereocenters. The second kappa shape index (κ2) is 6.79. The Morgan fingerprint density at radius 3 is 2.48 bits per heavy atom. The summed E-state index contributed by atoms with van der Waals surface area (Å²) in [4.78, 5) is 11.3. The van der Waals surface area contributed by atoms with Crippen LogP contribution in [0.3, 0.4) is 0 Å². The standard InChI is InChI=1S/C17H18O4/c1-12(2)21-16-9-8-14(10-15(16)17(18)19)20-11-13-6-4-3-5-7-13/h3-10,12H,11H2,1-2H3,(H,18,19). The van der Waals surface area contributed by atoms with Crippen LogP contribution in [-0.2, 0) is 6.61 Å². The maximum absolute atomic E-state index is 11.3. The molecular weight excluding hydrogens is 268 g/mol. The van der Waals surface area contributed by atoms with E-state index < -0.39 is 5.97 Å². The molecule has 0 bridgehead atoms. The number of hydrogen-bond donors (Lipinski definition) is 1. The fourth-order valence-corrected chi connectivity index (χ4v) is 1.86. The van der Waals surface area contributed by atoms with Crippen molar-refractivity contribution >= 4 is 5.97 Å².